The highest BCUT2D eigenvalue weighted by Crippen LogP contribution is 2.45. The predicted molar refractivity (Wildman–Crippen MR) is 83.9 cm³/mol. The third-order valence-electron chi connectivity index (χ3n) is 3.79. The molecule has 13 heteroatoms. The standard InChI is InChI=1S/C15H15NO12/c1-24-10(17)6-7(11(18)25-2)9(13(20)27-4)15(16(22)23,14(21)28-5)8(6)12(19)26-3/h1-5H3. The molecule has 152 valence electrons. The monoisotopic (exact) mass is 401 g/mol. The molecule has 0 aromatic heterocycles. The molecule has 0 saturated heterocycles. The fourth-order valence-corrected chi connectivity index (χ4v) is 2.66. The number of nitro groups is 1. The van der Waals surface area contributed by atoms with Crippen molar-refractivity contribution in [3.05, 3.63) is 32.4 Å². The van der Waals surface area contributed by atoms with Gasteiger partial charge in [-0.25, -0.2) is 24.0 Å². The summed E-state index contributed by atoms with van der Waals surface area (Å²) in [6.45, 7) is 0. The molecule has 28 heavy (non-hydrogen) atoms. The Morgan fingerprint density at radius 2 is 1.00 bits per heavy atom. The zero-order chi connectivity index (χ0) is 21.8. The summed E-state index contributed by atoms with van der Waals surface area (Å²) in [4.78, 5) is 72.5. The lowest BCUT2D eigenvalue weighted by molar-refractivity contribution is -0.531. The Bertz CT molecular complexity index is 782. The molecule has 1 aliphatic rings. The van der Waals surface area contributed by atoms with E-state index >= 15 is 0 Å². The van der Waals surface area contributed by atoms with Crippen molar-refractivity contribution >= 4 is 29.8 Å². The summed E-state index contributed by atoms with van der Waals surface area (Å²) in [5.41, 5.74) is -8.10. The van der Waals surface area contributed by atoms with Gasteiger partial charge < -0.3 is 23.7 Å². The first kappa shape index (κ1) is 22.3. The first-order chi connectivity index (χ1) is 13.1. The van der Waals surface area contributed by atoms with Crippen LogP contribution >= 0.6 is 0 Å². The third kappa shape index (κ3) is 2.95. The van der Waals surface area contributed by atoms with Gasteiger partial charge in [0.25, 0.3) is 0 Å². The van der Waals surface area contributed by atoms with Crippen LogP contribution in [-0.2, 0) is 47.7 Å². The maximum atomic E-state index is 12.5. The Balaban J connectivity index is 4.37. The zero-order valence-electron chi connectivity index (χ0n) is 15.3. The summed E-state index contributed by atoms with van der Waals surface area (Å²) in [6, 6.07) is 0. The molecule has 13 nitrogen and oxygen atoms in total. The summed E-state index contributed by atoms with van der Waals surface area (Å²) in [5.74, 6) is -7.80. The van der Waals surface area contributed by atoms with Crippen LogP contribution in [0.25, 0.3) is 0 Å². The number of carbonyl (C=O) groups is 5. The Morgan fingerprint density at radius 3 is 1.21 bits per heavy atom. The number of hydrogen-bond donors (Lipinski definition) is 0. The van der Waals surface area contributed by atoms with Gasteiger partial charge in [0.2, 0.25) is 0 Å². The first-order valence-electron chi connectivity index (χ1n) is 7.17. The number of rotatable bonds is 6. The van der Waals surface area contributed by atoms with Crippen molar-refractivity contribution in [3.8, 4) is 0 Å². The lowest BCUT2D eigenvalue weighted by atomic mass is 9.85. The van der Waals surface area contributed by atoms with E-state index in [1.165, 1.54) is 0 Å². The van der Waals surface area contributed by atoms with E-state index in [9.17, 15) is 34.1 Å². The second-order valence-electron chi connectivity index (χ2n) is 4.93. The Labute approximate surface area is 156 Å². The molecular formula is C15H15NO12. The van der Waals surface area contributed by atoms with Crippen LogP contribution in [0.2, 0.25) is 0 Å². The van der Waals surface area contributed by atoms with Gasteiger partial charge >= 0.3 is 35.4 Å². The highest BCUT2D eigenvalue weighted by atomic mass is 16.6. The van der Waals surface area contributed by atoms with E-state index in [4.69, 9.17) is 0 Å². The molecule has 0 aliphatic heterocycles. The number of esters is 5. The van der Waals surface area contributed by atoms with Crippen LogP contribution in [0.5, 0.6) is 0 Å². The van der Waals surface area contributed by atoms with Crippen LogP contribution in [0.15, 0.2) is 22.3 Å². The molecule has 0 bridgehead atoms. The highest BCUT2D eigenvalue weighted by Gasteiger charge is 2.72. The summed E-state index contributed by atoms with van der Waals surface area (Å²) < 4.78 is 22.2. The van der Waals surface area contributed by atoms with Crippen molar-refractivity contribution in [1.29, 1.82) is 0 Å². The van der Waals surface area contributed by atoms with Crippen LogP contribution in [0, 0.1) is 10.1 Å². The van der Waals surface area contributed by atoms with Gasteiger partial charge in [-0.05, 0) is 0 Å². The molecule has 1 aliphatic carbocycles. The third-order valence-corrected chi connectivity index (χ3v) is 3.79. The van der Waals surface area contributed by atoms with Gasteiger partial charge in [-0.2, -0.15) is 0 Å². The average molecular weight is 401 g/mol. The number of hydrogen-bond acceptors (Lipinski definition) is 12. The average Bonchev–Trinajstić information content (AvgIpc) is 3.03. The van der Waals surface area contributed by atoms with Gasteiger partial charge in [0, 0.05) is 4.92 Å². The second-order valence-corrected chi connectivity index (χ2v) is 4.93. The summed E-state index contributed by atoms with van der Waals surface area (Å²) in [7, 11) is 3.98. The smallest absolute Gasteiger partial charge is 0.395 e. The SMILES string of the molecule is COC(=O)C1=C(C(=O)OC)C(C(=O)OC)([N+](=O)[O-])C(C(=O)OC)=C1C(=O)OC. The van der Waals surface area contributed by atoms with Gasteiger partial charge in [-0.15, -0.1) is 0 Å². The Kier molecular flexibility index (Phi) is 6.59. The molecular weight excluding hydrogens is 386 g/mol. The van der Waals surface area contributed by atoms with E-state index in [2.05, 4.69) is 23.7 Å². The Morgan fingerprint density at radius 1 is 0.679 bits per heavy atom. The highest BCUT2D eigenvalue weighted by molar-refractivity contribution is 6.24. The van der Waals surface area contributed by atoms with Gasteiger partial charge in [0.05, 0.1) is 46.7 Å². The number of methoxy groups -OCH3 is 5. The lowest BCUT2D eigenvalue weighted by Gasteiger charge is -2.22. The normalized spacial score (nSPS) is 14.9. The van der Waals surface area contributed by atoms with Crippen molar-refractivity contribution in [2.45, 2.75) is 5.54 Å². The van der Waals surface area contributed by atoms with E-state index in [-0.39, 0.29) is 0 Å². The topological polar surface area (TPSA) is 175 Å². The summed E-state index contributed by atoms with van der Waals surface area (Å²) in [6.07, 6.45) is 0. The van der Waals surface area contributed by atoms with Crippen molar-refractivity contribution in [3.63, 3.8) is 0 Å². The maximum absolute atomic E-state index is 12.5. The molecule has 0 atom stereocenters. The fourth-order valence-electron chi connectivity index (χ4n) is 2.66. The largest absolute Gasteiger partial charge is 0.465 e. The molecule has 0 N–H and O–H groups in total. The van der Waals surface area contributed by atoms with Crippen LogP contribution in [-0.4, -0.2) is 75.9 Å². The fraction of sp³-hybridized carbons (Fsp3) is 0.400. The van der Waals surface area contributed by atoms with E-state index in [0.29, 0.717) is 0 Å². The van der Waals surface area contributed by atoms with Crippen molar-refractivity contribution in [2.75, 3.05) is 35.5 Å². The predicted octanol–water partition coefficient (Wildman–Crippen LogP) is -1.53. The van der Waals surface area contributed by atoms with Crippen molar-refractivity contribution in [2.24, 2.45) is 0 Å². The van der Waals surface area contributed by atoms with Gasteiger partial charge in [0.1, 0.15) is 11.1 Å². The van der Waals surface area contributed by atoms with E-state index < -0.39 is 62.6 Å². The van der Waals surface area contributed by atoms with Crippen molar-refractivity contribution < 1.29 is 52.6 Å². The number of nitrogens with zero attached hydrogens (tertiary/aromatic N) is 1. The molecule has 0 saturated carbocycles. The molecule has 0 aromatic carbocycles. The minimum absolute atomic E-state index is 0.728. The van der Waals surface area contributed by atoms with E-state index in [1.54, 1.807) is 0 Å². The lowest BCUT2D eigenvalue weighted by Crippen LogP contribution is -2.53. The van der Waals surface area contributed by atoms with Crippen LogP contribution in [0.3, 0.4) is 0 Å². The van der Waals surface area contributed by atoms with Crippen LogP contribution in [0.1, 0.15) is 0 Å². The van der Waals surface area contributed by atoms with Gasteiger partial charge in [-0.3, -0.25) is 10.1 Å². The molecule has 0 amide bonds. The summed E-state index contributed by atoms with van der Waals surface area (Å²) >= 11 is 0. The molecule has 0 aromatic rings. The Hall–Kier alpha value is -3.77. The van der Waals surface area contributed by atoms with E-state index in [0.717, 1.165) is 35.5 Å². The molecule has 1 rings (SSSR count). The van der Waals surface area contributed by atoms with E-state index in [1.807, 2.05) is 0 Å². The molecule has 0 radical (unpaired) electrons. The minimum Gasteiger partial charge on any atom is -0.465 e. The molecule has 0 spiro atoms. The molecule has 0 fully saturated rings. The molecule has 0 heterocycles. The molecule has 0 unspecified atom stereocenters. The minimum atomic E-state index is -3.44. The number of carbonyl (C=O) groups excluding carboxylic acids is 5. The number of ether oxygens (including phenoxy) is 5. The zero-order valence-corrected chi connectivity index (χ0v) is 15.3. The quantitative estimate of drug-likeness (QED) is 0.218. The van der Waals surface area contributed by atoms with Gasteiger partial charge in [0.15, 0.2) is 0 Å². The first-order valence-corrected chi connectivity index (χ1v) is 7.17. The summed E-state index contributed by atoms with van der Waals surface area (Å²) in [5, 5.41) is 12.0. The van der Waals surface area contributed by atoms with Gasteiger partial charge in [-0.1, -0.05) is 0 Å². The van der Waals surface area contributed by atoms with Crippen molar-refractivity contribution in [1.82, 2.24) is 0 Å². The van der Waals surface area contributed by atoms with Crippen LogP contribution < -0.4 is 0 Å². The maximum Gasteiger partial charge on any atom is 0.395 e. The second kappa shape index (κ2) is 8.28. The van der Waals surface area contributed by atoms with Crippen LogP contribution in [0.4, 0.5) is 0 Å².